The van der Waals surface area contributed by atoms with Crippen LogP contribution >= 0.6 is 11.6 Å². The summed E-state index contributed by atoms with van der Waals surface area (Å²) >= 11 is 5.63. The smallest absolute Gasteiger partial charge is 0.281 e. The Morgan fingerprint density at radius 2 is 2.00 bits per heavy atom. The lowest BCUT2D eigenvalue weighted by molar-refractivity contribution is 0.388. The zero-order valence-corrected chi connectivity index (χ0v) is 11.6. The van der Waals surface area contributed by atoms with Crippen LogP contribution in [0.3, 0.4) is 0 Å². The number of aromatic hydroxyl groups is 1. The number of aromatic nitrogens is 2. The normalized spacial score (nSPS) is 10.7. The van der Waals surface area contributed by atoms with Gasteiger partial charge in [0.25, 0.3) is 5.88 Å². The lowest BCUT2D eigenvalue weighted by Crippen LogP contribution is -1.98. The first-order chi connectivity index (χ1) is 9.06. The van der Waals surface area contributed by atoms with E-state index in [1.54, 1.807) is 0 Å². The van der Waals surface area contributed by atoms with Crippen LogP contribution in [0.5, 0.6) is 17.4 Å². The molecular weight excluding hydrogens is 264 g/mol. The Morgan fingerprint density at radius 1 is 1.26 bits per heavy atom. The summed E-state index contributed by atoms with van der Waals surface area (Å²) in [5.74, 6) is 1.11. The molecule has 0 saturated carbocycles. The zero-order chi connectivity index (χ0) is 13.8. The number of rotatable bonds is 4. The topological polar surface area (TPSA) is 55.2 Å². The molecule has 1 aromatic carbocycles. The number of para-hydroxylation sites is 1. The summed E-state index contributed by atoms with van der Waals surface area (Å²) in [6.07, 6.45) is 0.887. The SMILES string of the molecule is CC(C)Cc1ccccc1Oc1nnc(Cl)cc1O. The van der Waals surface area contributed by atoms with Gasteiger partial charge >= 0.3 is 0 Å². The fourth-order valence-electron chi connectivity index (χ4n) is 1.74. The van der Waals surface area contributed by atoms with Gasteiger partial charge in [0, 0.05) is 6.07 Å². The Labute approximate surface area is 117 Å². The summed E-state index contributed by atoms with van der Waals surface area (Å²) in [5, 5.41) is 17.2. The molecule has 100 valence electrons. The van der Waals surface area contributed by atoms with Gasteiger partial charge in [-0.15, -0.1) is 10.2 Å². The molecule has 1 N–H and O–H groups in total. The van der Waals surface area contributed by atoms with Gasteiger partial charge in [-0.2, -0.15) is 0 Å². The van der Waals surface area contributed by atoms with Crippen LogP contribution in [0.4, 0.5) is 0 Å². The fourth-order valence-corrected chi connectivity index (χ4v) is 1.88. The highest BCUT2D eigenvalue weighted by Crippen LogP contribution is 2.31. The van der Waals surface area contributed by atoms with Crippen molar-refractivity contribution in [2.75, 3.05) is 0 Å². The third-order valence-electron chi connectivity index (χ3n) is 2.52. The van der Waals surface area contributed by atoms with Crippen LogP contribution in [0.1, 0.15) is 19.4 Å². The van der Waals surface area contributed by atoms with E-state index in [0.29, 0.717) is 11.7 Å². The Morgan fingerprint density at radius 3 is 2.68 bits per heavy atom. The van der Waals surface area contributed by atoms with Gasteiger partial charge in [-0.25, -0.2) is 0 Å². The van der Waals surface area contributed by atoms with Crippen LogP contribution in [-0.4, -0.2) is 15.3 Å². The molecule has 2 aromatic rings. The van der Waals surface area contributed by atoms with Crippen molar-refractivity contribution in [1.82, 2.24) is 10.2 Å². The van der Waals surface area contributed by atoms with Gasteiger partial charge in [-0.3, -0.25) is 0 Å². The maximum absolute atomic E-state index is 9.71. The first-order valence-corrected chi connectivity index (χ1v) is 6.42. The molecule has 0 aliphatic heterocycles. The van der Waals surface area contributed by atoms with Crippen LogP contribution in [0.15, 0.2) is 30.3 Å². The maximum atomic E-state index is 9.71. The second-order valence-electron chi connectivity index (χ2n) is 4.67. The third kappa shape index (κ3) is 3.58. The lowest BCUT2D eigenvalue weighted by atomic mass is 10.0. The van der Waals surface area contributed by atoms with Gasteiger partial charge in [0.05, 0.1) is 0 Å². The summed E-state index contributed by atoms with van der Waals surface area (Å²) in [4.78, 5) is 0. The monoisotopic (exact) mass is 278 g/mol. The first-order valence-electron chi connectivity index (χ1n) is 6.04. The molecule has 0 atom stereocenters. The molecule has 0 fully saturated rings. The highest BCUT2D eigenvalue weighted by atomic mass is 35.5. The standard InChI is InChI=1S/C14H15ClN2O2/c1-9(2)7-10-5-3-4-6-12(10)19-14-11(18)8-13(15)16-17-14/h3-6,8-9H,7H2,1-2H3,(H,16,18). The Balaban J connectivity index is 2.27. The van der Waals surface area contributed by atoms with E-state index in [1.165, 1.54) is 6.07 Å². The van der Waals surface area contributed by atoms with Crippen LogP contribution in [0.25, 0.3) is 0 Å². The Kier molecular flexibility index (Phi) is 4.22. The van der Waals surface area contributed by atoms with Crippen LogP contribution in [0.2, 0.25) is 5.15 Å². The van der Waals surface area contributed by atoms with Crippen LogP contribution < -0.4 is 4.74 Å². The van der Waals surface area contributed by atoms with Crippen molar-refractivity contribution >= 4 is 11.6 Å². The number of benzene rings is 1. The average molecular weight is 279 g/mol. The van der Waals surface area contributed by atoms with E-state index in [0.717, 1.165) is 12.0 Å². The molecule has 19 heavy (non-hydrogen) atoms. The first kappa shape index (κ1) is 13.6. The summed E-state index contributed by atoms with van der Waals surface area (Å²) in [6, 6.07) is 8.97. The molecule has 0 saturated heterocycles. The number of halogens is 1. The van der Waals surface area contributed by atoms with E-state index < -0.39 is 0 Å². The van der Waals surface area contributed by atoms with Gasteiger partial charge < -0.3 is 9.84 Å². The Hall–Kier alpha value is -1.81. The van der Waals surface area contributed by atoms with Crippen molar-refractivity contribution in [3.05, 3.63) is 41.0 Å². The molecule has 2 rings (SSSR count). The highest BCUT2D eigenvalue weighted by molar-refractivity contribution is 6.29. The maximum Gasteiger partial charge on any atom is 0.281 e. The average Bonchev–Trinajstić information content (AvgIpc) is 2.34. The van der Waals surface area contributed by atoms with Gasteiger partial charge in [-0.05, 0) is 24.0 Å². The molecule has 0 aliphatic rings. The summed E-state index contributed by atoms with van der Waals surface area (Å²) in [6.45, 7) is 4.27. The van der Waals surface area contributed by atoms with Crippen molar-refractivity contribution in [2.45, 2.75) is 20.3 Å². The van der Waals surface area contributed by atoms with Gasteiger partial charge in [0.2, 0.25) is 0 Å². The molecule has 0 unspecified atom stereocenters. The summed E-state index contributed by atoms with van der Waals surface area (Å²) in [5.41, 5.74) is 1.06. The molecule has 0 spiro atoms. The third-order valence-corrected chi connectivity index (χ3v) is 2.70. The van der Waals surface area contributed by atoms with Crippen molar-refractivity contribution in [2.24, 2.45) is 5.92 Å². The molecular formula is C14H15ClN2O2. The van der Waals surface area contributed by atoms with Gasteiger partial charge in [0.15, 0.2) is 10.9 Å². The van der Waals surface area contributed by atoms with Crippen molar-refractivity contribution < 1.29 is 9.84 Å². The van der Waals surface area contributed by atoms with Crippen molar-refractivity contribution in [3.63, 3.8) is 0 Å². The van der Waals surface area contributed by atoms with Crippen LogP contribution in [0, 0.1) is 5.92 Å². The minimum Gasteiger partial charge on any atom is -0.503 e. The second-order valence-corrected chi connectivity index (χ2v) is 5.05. The van der Waals surface area contributed by atoms with E-state index in [1.807, 2.05) is 24.3 Å². The predicted octanol–water partition coefficient (Wildman–Crippen LogP) is 3.83. The quantitative estimate of drug-likeness (QED) is 0.923. The molecule has 1 aromatic heterocycles. The molecule has 0 amide bonds. The van der Waals surface area contributed by atoms with Crippen LogP contribution in [-0.2, 0) is 6.42 Å². The zero-order valence-electron chi connectivity index (χ0n) is 10.8. The van der Waals surface area contributed by atoms with E-state index in [2.05, 4.69) is 24.0 Å². The molecule has 0 aliphatic carbocycles. The van der Waals surface area contributed by atoms with Gasteiger partial charge in [0.1, 0.15) is 5.75 Å². The minimum atomic E-state index is -0.126. The predicted molar refractivity (Wildman–Crippen MR) is 73.8 cm³/mol. The highest BCUT2D eigenvalue weighted by Gasteiger charge is 2.11. The van der Waals surface area contributed by atoms with E-state index in [4.69, 9.17) is 16.3 Å². The van der Waals surface area contributed by atoms with E-state index in [-0.39, 0.29) is 16.8 Å². The molecule has 0 bridgehead atoms. The molecule has 0 radical (unpaired) electrons. The summed E-state index contributed by atoms with van der Waals surface area (Å²) in [7, 11) is 0. The fraction of sp³-hybridized carbons (Fsp3) is 0.286. The number of hydrogen-bond donors (Lipinski definition) is 1. The van der Waals surface area contributed by atoms with Crippen molar-refractivity contribution in [1.29, 1.82) is 0 Å². The molecule has 5 heteroatoms. The molecule has 1 heterocycles. The summed E-state index contributed by atoms with van der Waals surface area (Å²) < 4.78 is 5.61. The number of nitrogens with zero attached hydrogens (tertiary/aromatic N) is 2. The van der Waals surface area contributed by atoms with E-state index >= 15 is 0 Å². The largest absolute Gasteiger partial charge is 0.503 e. The van der Waals surface area contributed by atoms with Gasteiger partial charge in [-0.1, -0.05) is 43.6 Å². The lowest BCUT2D eigenvalue weighted by Gasteiger charge is -2.12. The second kappa shape index (κ2) is 5.89. The number of hydrogen-bond acceptors (Lipinski definition) is 4. The van der Waals surface area contributed by atoms with E-state index in [9.17, 15) is 5.11 Å². The Bertz CT molecular complexity index is 573. The van der Waals surface area contributed by atoms with Crippen molar-refractivity contribution in [3.8, 4) is 17.4 Å². The minimum absolute atomic E-state index is 0.0561. The number of ether oxygens (including phenoxy) is 1. The molecule has 4 nitrogen and oxygen atoms in total.